The summed E-state index contributed by atoms with van der Waals surface area (Å²) in [7, 11) is 0. The van der Waals surface area contributed by atoms with Gasteiger partial charge in [0.25, 0.3) is 0 Å². The van der Waals surface area contributed by atoms with E-state index in [9.17, 15) is 5.11 Å². The summed E-state index contributed by atoms with van der Waals surface area (Å²) < 4.78 is 5.31. The second kappa shape index (κ2) is 5.10. The molecule has 3 nitrogen and oxygen atoms in total. The maximum atomic E-state index is 10.0. The molecular weight excluding hydrogens is 178 g/mol. The molecule has 1 atom stereocenters. The highest BCUT2D eigenvalue weighted by molar-refractivity contribution is 4.89. The highest BCUT2D eigenvalue weighted by Crippen LogP contribution is 2.23. The standard InChI is InChI=1S/C11H23NO2/c1-4-5-10(13)11(2,3)12-6-8-14-9-7-12/h10,13H,4-9H2,1-3H3. The van der Waals surface area contributed by atoms with Crippen LogP contribution < -0.4 is 0 Å². The van der Waals surface area contributed by atoms with Crippen LogP contribution in [0.15, 0.2) is 0 Å². The van der Waals surface area contributed by atoms with E-state index in [1.807, 2.05) is 0 Å². The molecule has 0 aromatic carbocycles. The zero-order chi connectivity index (χ0) is 10.6. The molecule has 0 aromatic heterocycles. The number of rotatable bonds is 4. The Morgan fingerprint density at radius 3 is 2.43 bits per heavy atom. The molecule has 0 radical (unpaired) electrons. The number of morpholine rings is 1. The van der Waals surface area contributed by atoms with Crippen molar-refractivity contribution in [1.29, 1.82) is 0 Å². The first kappa shape index (κ1) is 12.0. The SMILES string of the molecule is CCCC(O)C(C)(C)N1CCOCC1. The molecule has 84 valence electrons. The number of hydrogen-bond donors (Lipinski definition) is 1. The van der Waals surface area contributed by atoms with Crippen LogP contribution in [0.5, 0.6) is 0 Å². The fourth-order valence-electron chi connectivity index (χ4n) is 1.98. The van der Waals surface area contributed by atoms with Crippen LogP contribution in [0.25, 0.3) is 0 Å². The Balaban J connectivity index is 2.52. The van der Waals surface area contributed by atoms with Crippen molar-refractivity contribution in [2.45, 2.75) is 45.3 Å². The third-order valence-electron chi connectivity index (χ3n) is 3.20. The number of ether oxygens (including phenoxy) is 1. The molecule has 0 saturated carbocycles. The minimum atomic E-state index is -0.231. The van der Waals surface area contributed by atoms with E-state index in [2.05, 4.69) is 25.7 Å². The predicted octanol–water partition coefficient (Wildman–Crippen LogP) is 1.26. The van der Waals surface area contributed by atoms with Crippen LogP contribution in [-0.2, 0) is 4.74 Å². The van der Waals surface area contributed by atoms with Gasteiger partial charge >= 0.3 is 0 Å². The highest BCUT2D eigenvalue weighted by atomic mass is 16.5. The van der Waals surface area contributed by atoms with Gasteiger partial charge in [-0.3, -0.25) is 4.90 Å². The third-order valence-corrected chi connectivity index (χ3v) is 3.20. The molecule has 1 aliphatic rings. The normalized spacial score (nSPS) is 22.3. The van der Waals surface area contributed by atoms with Gasteiger partial charge in [-0.25, -0.2) is 0 Å². The van der Waals surface area contributed by atoms with Crippen molar-refractivity contribution in [3.8, 4) is 0 Å². The smallest absolute Gasteiger partial charge is 0.0718 e. The van der Waals surface area contributed by atoms with E-state index in [1.165, 1.54) is 0 Å². The molecule has 0 aromatic rings. The zero-order valence-electron chi connectivity index (χ0n) is 9.62. The molecule has 1 unspecified atom stereocenters. The van der Waals surface area contributed by atoms with Crippen LogP contribution >= 0.6 is 0 Å². The summed E-state index contributed by atoms with van der Waals surface area (Å²) in [6, 6.07) is 0. The second-order valence-corrected chi connectivity index (χ2v) is 4.56. The van der Waals surface area contributed by atoms with Gasteiger partial charge in [0, 0.05) is 18.6 Å². The lowest BCUT2D eigenvalue weighted by atomic mass is 9.91. The first-order valence-corrected chi connectivity index (χ1v) is 5.60. The van der Waals surface area contributed by atoms with Crippen LogP contribution in [0, 0.1) is 0 Å². The molecule has 0 spiro atoms. The van der Waals surface area contributed by atoms with Crippen molar-refractivity contribution in [3.05, 3.63) is 0 Å². The Kier molecular flexibility index (Phi) is 4.35. The van der Waals surface area contributed by atoms with Crippen LogP contribution in [0.3, 0.4) is 0 Å². The molecule has 1 saturated heterocycles. The molecule has 1 heterocycles. The van der Waals surface area contributed by atoms with Crippen molar-refractivity contribution in [2.24, 2.45) is 0 Å². The van der Waals surface area contributed by atoms with Crippen LogP contribution in [-0.4, -0.2) is 48.0 Å². The maximum absolute atomic E-state index is 10.0. The maximum Gasteiger partial charge on any atom is 0.0718 e. The van der Waals surface area contributed by atoms with E-state index in [0.29, 0.717) is 0 Å². The first-order valence-electron chi connectivity index (χ1n) is 5.60. The van der Waals surface area contributed by atoms with E-state index < -0.39 is 0 Å². The topological polar surface area (TPSA) is 32.7 Å². The van der Waals surface area contributed by atoms with Gasteiger partial charge in [-0.1, -0.05) is 13.3 Å². The summed E-state index contributed by atoms with van der Waals surface area (Å²) >= 11 is 0. The van der Waals surface area contributed by atoms with Crippen molar-refractivity contribution >= 4 is 0 Å². The van der Waals surface area contributed by atoms with Crippen LogP contribution in [0.2, 0.25) is 0 Å². The fourth-order valence-corrected chi connectivity index (χ4v) is 1.98. The van der Waals surface area contributed by atoms with Gasteiger partial charge in [-0.2, -0.15) is 0 Å². The van der Waals surface area contributed by atoms with E-state index in [4.69, 9.17) is 4.74 Å². The first-order chi connectivity index (χ1) is 6.59. The monoisotopic (exact) mass is 201 g/mol. The minimum Gasteiger partial charge on any atom is -0.391 e. The van der Waals surface area contributed by atoms with Crippen molar-refractivity contribution in [3.63, 3.8) is 0 Å². The van der Waals surface area contributed by atoms with Gasteiger partial charge < -0.3 is 9.84 Å². The van der Waals surface area contributed by atoms with Gasteiger partial charge in [0.1, 0.15) is 0 Å². The van der Waals surface area contributed by atoms with Gasteiger partial charge in [0.2, 0.25) is 0 Å². The number of hydrogen-bond acceptors (Lipinski definition) is 3. The molecule has 0 aliphatic carbocycles. The molecule has 1 fully saturated rings. The number of aliphatic hydroxyl groups is 1. The Morgan fingerprint density at radius 1 is 1.36 bits per heavy atom. The lowest BCUT2D eigenvalue weighted by Crippen LogP contribution is -2.56. The second-order valence-electron chi connectivity index (χ2n) is 4.56. The lowest BCUT2D eigenvalue weighted by molar-refractivity contribution is -0.0638. The largest absolute Gasteiger partial charge is 0.391 e. The fraction of sp³-hybridized carbons (Fsp3) is 1.00. The summed E-state index contributed by atoms with van der Waals surface area (Å²) in [6.45, 7) is 9.82. The van der Waals surface area contributed by atoms with Gasteiger partial charge in [-0.15, -0.1) is 0 Å². The van der Waals surface area contributed by atoms with Gasteiger partial charge in [-0.05, 0) is 20.3 Å². The Labute approximate surface area is 87.1 Å². The molecule has 1 aliphatic heterocycles. The number of nitrogens with zero attached hydrogens (tertiary/aromatic N) is 1. The summed E-state index contributed by atoms with van der Waals surface area (Å²) in [5, 5.41) is 10.0. The highest BCUT2D eigenvalue weighted by Gasteiger charge is 2.34. The van der Waals surface area contributed by atoms with Crippen molar-refractivity contribution in [1.82, 2.24) is 4.90 Å². The quantitative estimate of drug-likeness (QED) is 0.743. The number of aliphatic hydroxyl groups excluding tert-OH is 1. The molecule has 0 amide bonds. The molecule has 1 rings (SSSR count). The molecular formula is C11H23NO2. The molecule has 3 heteroatoms. The zero-order valence-corrected chi connectivity index (χ0v) is 9.62. The average Bonchev–Trinajstić information content (AvgIpc) is 2.19. The molecule has 0 bridgehead atoms. The van der Waals surface area contributed by atoms with E-state index in [-0.39, 0.29) is 11.6 Å². The predicted molar refractivity (Wildman–Crippen MR) is 57.4 cm³/mol. The van der Waals surface area contributed by atoms with Gasteiger partial charge in [0.05, 0.1) is 19.3 Å². The van der Waals surface area contributed by atoms with Crippen molar-refractivity contribution < 1.29 is 9.84 Å². The third kappa shape index (κ3) is 2.69. The Bertz CT molecular complexity index is 165. The van der Waals surface area contributed by atoms with E-state index >= 15 is 0 Å². The van der Waals surface area contributed by atoms with Crippen molar-refractivity contribution in [2.75, 3.05) is 26.3 Å². The Morgan fingerprint density at radius 2 is 1.93 bits per heavy atom. The Hall–Kier alpha value is -0.120. The summed E-state index contributed by atoms with van der Waals surface area (Å²) in [5.74, 6) is 0. The summed E-state index contributed by atoms with van der Waals surface area (Å²) in [4.78, 5) is 2.33. The van der Waals surface area contributed by atoms with Crippen LogP contribution in [0.4, 0.5) is 0 Å². The van der Waals surface area contributed by atoms with E-state index in [0.717, 1.165) is 39.1 Å². The van der Waals surface area contributed by atoms with E-state index in [1.54, 1.807) is 0 Å². The molecule has 14 heavy (non-hydrogen) atoms. The van der Waals surface area contributed by atoms with Gasteiger partial charge in [0.15, 0.2) is 0 Å². The summed E-state index contributed by atoms with van der Waals surface area (Å²) in [5.41, 5.74) is -0.111. The lowest BCUT2D eigenvalue weighted by Gasteiger charge is -2.43. The average molecular weight is 201 g/mol. The molecule has 1 N–H and O–H groups in total. The summed E-state index contributed by atoms with van der Waals surface area (Å²) in [6.07, 6.45) is 1.69. The van der Waals surface area contributed by atoms with Crippen LogP contribution in [0.1, 0.15) is 33.6 Å². The minimum absolute atomic E-state index is 0.111.